The first kappa shape index (κ1) is 9.72. The van der Waals surface area contributed by atoms with Crippen LogP contribution in [0.25, 0.3) is 10.9 Å². The summed E-state index contributed by atoms with van der Waals surface area (Å²) in [5.41, 5.74) is 1.65. The number of nitrogens with one attached hydrogen (secondary N) is 2. The van der Waals surface area contributed by atoms with E-state index in [-0.39, 0.29) is 5.91 Å². The third-order valence-corrected chi connectivity index (χ3v) is 2.58. The van der Waals surface area contributed by atoms with E-state index in [1.807, 2.05) is 30.5 Å². The van der Waals surface area contributed by atoms with E-state index in [4.69, 9.17) is 4.42 Å². The fourth-order valence-corrected chi connectivity index (χ4v) is 1.78. The molecule has 3 rings (SSSR count). The first-order valence-electron chi connectivity index (χ1n) is 5.25. The van der Waals surface area contributed by atoms with Crippen LogP contribution in [0.1, 0.15) is 10.6 Å². The van der Waals surface area contributed by atoms with Gasteiger partial charge in [0, 0.05) is 11.6 Å². The molecule has 4 heteroatoms. The molecule has 2 N–H and O–H groups in total. The van der Waals surface area contributed by atoms with Gasteiger partial charge in [0.1, 0.15) is 0 Å². The molecular formula is C13H10N2O2. The van der Waals surface area contributed by atoms with E-state index in [1.54, 1.807) is 12.1 Å². The second-order valence-electron chi connectivity index (χ2n) is 3.68. The zero-order valence-corrected chi connectivity index (χ0v) is 8.94. The average molecular weight is 226 g/mol. The molecule has 0 aliphatic carbocycles. The molecule has 0 unspecified atom stereocenters. The van der Waals surface area contributed by atoms with Gasteiger partial charge in [-0.2, -0.15) is 0 Å². The molecule has 84 valence electrons. The van der Waals surface area contributed by atoms with Crippen molar-refractivity contribution in [2.24, 2.45) is 0 Å². The van der Waals surface area contributed by atoms with E-state index in [1.165, 1.54) is 6.26 Å². The van der Waals surface area contributed by atoms with Crippen LogP contribution in [0.2, 0.25) is 0 Å². The molecule has 0 fully saturated rings. The van der Waals surface area contributed by atoms with Crippen LogP contribution in [0.3, 0.4) is 0 Å². The van der Waals surface area contributed by atoms with Gasteiger partial charge in [0.25, 0.3) is 5.91 Å². The van der Waals surface area contributed by atoms with Gasteiger partial charge >= 0.3 is 0 Å². The number of hydrogen-bond acceptors (Lipinski definition) is 2. The number of rotatable bonds is 2. The lowest BCUT2D eigenvalue weighted by Gasteiger charge is -2.04. The number of benzene rings is 1. The Kier molecular flexibility index (Phi) is 2.19. The van der Waals surface area contributed by atoms with Crippen molar-refractivity contribution in [3.8, 4) is 0 Å². The van der Waals surface area contributed by atoms with Gasteiger partial charge in [-0.3, -0.25) is 4.79 Å². The summed E-state index contributed by atoms with van der Waals surface area (Å²) < 4.78 is 5.04. The summed E-state index contributed by atoms with van der Waals surface area (Å²) in [6.45, 7) is 0. The normalized spacial score (nSPS) is 10.6. The molecule has 0 radical (unpaired) electrons. The summed E-state index contributed by atoms with van der Waals surface area (Å²) >= 11 is 0. The van der Waals surface area contributed by atoms with Crippen molar-refractivity contribution < 1.29 is 9.21 Å². The highest BCUT2D eigenvalue weighted by Gasteiger charge is 2.10. The summed E-state index contributed by atoms with van der Waals surface area (Å²) in [6.07, 6.45) is 3.32. The lowest BCUT2D eigenvalue weighted by Crippen LogP contribution is -2.11. The molecule has 2 aromatic heterocycles. The molecule has 1 amide bonds. The minimum atomic E-state index is -0.253. The van der Waals surface area contributed by atoms with Gasteiger partial charge in [-0.05, 0) is 24.3 Å². The maximum absolute atomic E-state index is 11.8. The van der Waals surface area contributed by atoms with Crippen LogP contribution in [-0.2, 0) is 0 Å². The van der Waals surface area contributed by atoms with Gasteiger partial charge in [-0.1, -0.05) is 12.1 Å². The van der Waals surface area contributed by atoms with E-state index < -0.39 is 0 Å². The summed E-state index contributed by atoms with van der Waals surface area (Å²) in [4.78, 5) is 14.9. The van der Waals surface area contributed by atoms with E-state index in [2.05, 4.69) is 10.3 Å². The molecule has 2 heterocycles. The smallest absolute Gasteiger partial charge is 0.291 e. The second kappa shape index (κ2) is 3.83. The number of H-pyrrole nitrogens is 1. The Morgan fingerprint density at radius 3 is 2.94 bits per heavy atom. The highest BCUT2D eigenvalue weighted by atomic mass is 16.3. The predicted octanol–water partition coefficient (Wildman–Crippen LogP) is 3.01. The molecule has 0 spiro atoms. The van der Waals surface area contributed by atoms with Crippen molar-refractivity contribution in [2.75, 3.05) is 5.32 Å². The highest BCUT2D eigenvalue weighted by molar-refractivity contribution is 6.06. The Morgan fingerprint density at radius 1 is 1.18 bits per heavy atom. The average Bonchev–Trinajstić information content (AvgIpc) is 3.00. The van der Waals surface area contributed by atoms with Crippen LogP contribution in [-0.4, -0.2) is 10.9 Å². The molecule has 1 aromatic carbocycles. The third kappa shape index (κ3) is 1.69. The van der Waals surface area contributed by atoms with Gasteiger partial charge in [-0.15, -0.1) is 0 Å². The first-order chi connectivity index (χ1) is 8.34. The number of furan rings is 1. The minimum Gasteiger partial charge on any atom is -0.459 e. The van der Waals surface area contributed by atoms with Crippen molar-refractivity contribution in [3.05, 3.63) is 54.6 Å². The Labute approximate surface area is 97.2 Å². The Balaban J connectivity index is 1.95. The molecule has 4 nitrogen and oxygen atoms in total. The largest absolute Gasteiger partial charge is 0.459 e. The van der Waals surface area contributed by atoms with E-state index in [0.717, 1.165) is 16.6 Å². The fraction of sp³-hybridized carbons (Fsp3) is 0. The van der Waals surface area contributed by atoms with E-state index >= 15 is 0 Å². The van der Waals surface area contributed by atoms with Crippen LogP contribution in [0.15, 0.2) is 53.3 Å². The van der Waals surface area contributed by atoms with E-state index in [0.29, 0.717) is 5.76 Å². The number of carbonyl (C=O) groups is 1. The van der Waals surface area contributed by atoms with Crippen LogP contribution in [0, 0.1) is 0 Å². The molecule has 0 aliphatic heterocycles. The van der Waals surface area contributed by atoms with Gasteiger partial charge < -0.3 is 14.7 Å². The quantitative estimate of drug-likeness (QED) is 0.705. The number of amides is 1. The number of anilines is 1. The summed E-state index contributed by atoms with van der Waals surface area (Å²) in [5.74, 6) is 0.0469. The lowest BCUT2D eigenvalue weighted by atomic mass is 10.2. The molecule has 0 bridgehead atoms. The highest BCUT2D eigenvalue weighted by Crippen LogP contribution is 2.22. The molecule has 0 saturated carbocycles. The number of aromatic nitrogens is 1. The van der Waals surface area contributed by atoms with Crippen LogP contribution in [0.4, 0.5) is 5.69 Å². The number of fused-ring (bicyclic) bond motifs is 1. The monoisotopic (exact) mass is 226 g/mol. The molecule has 0 atom stereocenters. The molecule has 17 heavy (non-hydrogen) atoms. The van der Waals surface area contributed by atoms with Crippen molar-refractivity contribution in [3.63, 3.8) is 0 Å². The Morgan fingerprint density at radius 2 is 2.12 bits per heavy atom. The maximum atomic E-state index is 11.8. The molecule has 0 saturated heterocycles. The first-order valence-corrected chi connectivity index (χ1v) is 5.25. The summed E-state index contributed by atoms with van der Waals surface area (Å²) in [7, 11) is 0. The van der Waals surface area contributed by atoms with Gasteiger partial charge in [0.2, 0.25) is 0 Å². The van der Waals surface area contributed by atoms with Crippen LogP contribution in [0.5, 0.6) is 0 Å². The minimum absolute atomic E-state index is 0.253. The lowest BCUT2D eigenvalue weighted by molar-refractivity contribution is 0.0997. The van der Waals surface area contributed by atoms with Crippen molar-refractivity contribution >= 4 is 22.5 Å². The van der Waals surface area contributed by atoms with Gasteiger partial charge in [0.15, 0.2) is 5.76 Å². The maximum Gasteiger partial charge on any atom is 0.291 e. The zero-order chi connectivity index (χ0) is 11.7. The standard InChI is InChI=1S/C13H10N2O2/c16-13(11-5-2-8-17-11)15-10-4-1-3-9-6-7-14-12(9)10/h1-8,14H,(H,15,16). The zero-order valence-electron chi connectivity index (χ0n) is 8.94. The third-order valence-electron chi connectivity index (χ3n) is 2.58. The fourth-order valence-electron chi connectivity index (χ4n) is 1.78. The topological polar surface area (TPSA) is 58.0 Å². The summed E-state index contributed by atoms with van der Waals surface area (Å²) in [6, 6.07) is 11.0. The predicted molar refractivity (Wildman–Crippen MR) is 65.0 cm³/mol. The summed E-state index contributed by atoms with van der Waals surface area (Å²) in [5, 5.41) is 3.87. The van der Waals surface area contributed by atoms with Crippen LogP contribution >= 0.6 is 0 Å². The second-order valence-corrected chi connectivity index (χ2v) is 3.68. The molecular weight excluding hydrogens is 216 g/mol. The number of hydrogen-bond donors (Lipinski definition) is 2. The number of para-hydroxylation sites is 1. The molecule has 3 aromatic rings. The van der Waals surface area contributed by atoms with Gasteiger partial charge in [0.05, 0.1) is 17.5 Å². The SMILES string of the molecule is O=C(Nc1cccc2cc[nH]c12)c1ccco1. The van der Waals surface area contributed by atoms with Crippen molar-refractivity contribution in [1.82, 2.24) is 4.98 Å². The van der Waals surface area contributed by atoms with Crippen LogP contribution < -0.4 is 5.32 Å². The van der Waals surface area contributed by atoms with Gasteiger partial charge in [-0.25, -0.2) is 0 Å². The molecule has 0 aliphatic rings. The van der Waals surface area contributed by atoms with Crippen molar-refractivity contribution in [2.45, 2.75) is 0 Å². The van der Waals surface area contributed by atoms with Crippen molar-refractivity contribution in [1.29, 1.82) is 0 Å². The Hall–Kier alpha value is -2.49. The Bertz CT molecular complexity index is 653. The number of carbonyl (C=O) groups excluding carboxylic acids is 1. The van der Waals surface area contributed by atoms with E-state index in [9.17, 15) is 4.79 Å². The number of aromatic amines is 1.